The fraction of sp³-hybridized carbons (Fsp3) is 0.273. The van der Waals surface area contributed by atoms with Crippen molar-refractivity contribution in [3.05, 3.63) is 66.4 Å². The second-order valence-corrected chi connectivity index (χ2v) is 6.91. The average Bonchev–Trinajstić information content (AvgIpc) is 2.79. The van der Waals surface area contributed by atoms with Gasteiger partial charge in [-0.2, -0.15) is 0 Å². The van der Waals surface area contributed by atoms with Crippen LogP contribution >= 0.6 is 0 Å². The van der Waals surface area contributed by atoms with E-state index in [1.165, 1.54) is 0 Å². The van der Waals surface area contributed by atoms with Gasteiger partial charge in [-0.1, -0.05) is 24.3 Å². The van der Waals surface area contributed by atoms with Crippen LogP contribution in [-0.2, 0) is 4.79 Å². The predicted molar refractivity (Wildman–Crippen MR) is 111 cm³/mol. The van der Waals surface area contributed by atoms with Crippen LogP contribution in [0.1, 0.15) is 5.56 Å². The summed E-state index contributed by atoms with van der Waals surface area (Å²) < 4.78 is 5.69. The van der Waals surface area contributed by atoms with Gasteiger partial charge in [-0.3, -0.25) is 9.78 Å². The molecular formula is C22H23N5O2. The van der Waals surface area contributed by atoms with Crippen LogP contribution in [0.4, 0.5) is 5.82 Å². The molecule has 4 rings (SSSR count). The van der Waals surface area contributed by atoms with Gasteiger partial charge in [0.1, 0.15) is 11.4 Å². The lowest BCUT2D eigenvalue weighted by atomic mass is 10.2. The van der Waals surface area contributed by atoms with Crippen molar-refractivity contribution < 1.29 is 9.53 Å². The summed E-state index contributed by atoms with van der Waals surface area (Å²) in [4.78, 5) is 20.7. The van der Waals surface area contributed by atoms with Gasteiger partial charge in [-0.15, -0.1) is 10.2 Å². The number of ether oxygens (including phenoxy) is 1. The molecule has 3 aromatic rings. The van der Waals surface area contributed by atoms with E-state index in [9.17, 15) is 4.79 Å². The first-order chi connectivity index (χ1) is 14.2. The van der Waals surface area contributed by atoms with E-state index in [2.05, 4.69) is 20.1 Å². The van der Waals surface area contributed by atoms with Crippen LogP contribution in [0.2, 0.25) is 0 Å². The van der Waals surface area contributed by atoms with E-state index in [0.29, 0.717) is 26.2 Å². The number of rotatable bonds is 5. The van der Waals surface area contributed by atoms with Gasteiger partial charge in [-0.25, -0.2) is 0 Å². The summed E-state index contributed by atoms with van der Waals surface area (Å²) in [5.41, 5.74) is 2.57. The number of piperazine rings is 1. The number of benzene rings is 1. The first-order valence-electron chi connectivity index (χ1n) is 9.67. The van der Waals surface area contributed by atoms with E-state index < -0.39 is 0 Å². The highest BCUT2D eigenvalue weighted by atomic mass is 16.5. The molecule has 0 bridgehead atoms. The zero-order chi connectivity index (χ0) is 20.1. The third-order valence-corrected chi connectivity index (χ3v) is 4.98. The monoisotopic (exact) mass is 389 g/mol. The highest BCUT2D eigenvalue weighted by molar-refractivity contribution is 5.78. The smallest absolute Gasteiger partial charge is 0.260 e. The molecule has 0 unspecified atom stereocenters. The molecule has 1 aliphatic rings. The van der Waals surface area contributed by atoms with Crippen molar-refractivity contribution >= 4 is 11.7 Å². The van der Waals surface area contributed by atoms with Crippen molar-refractivity contribution in [3.63, 3.8) is 0 Å². The summed E-state index contributed by atoms with van der Waals surface area (Å²) in [6.45, 7) is 4.74. The summed E-state index contributed by atoms with van der Waals surface area (Å²) in [5.74, 6) is 1.57. The molecule has 1 saturated heterocycles. The van der Waals surface area contributed by atoms with Crippen LogP contribution < -0.4 is 9.64 Å². The SMILES string of the molecule is Cc1ccccc1OCC(=O)N1CCN(c2ccc(-c3ccccn3)nn2)CC1. The molecule has 0 saturated carbocycles. The van der Waals surface area contributed by atoms with Crippen molar-refractivity contribution in [1.82, 2.24) is 20.1 Å². The van der Waals surface area contributed by atoms with Crippen LogP contribution in [0.15, 0.2) is 60.8 Å². The first-order valence-corrected chi connectivity index (χ1v) is 9.67. The Labute approximate surface area is 170 Å². The Balaban J connectivity index is 1.30. The van der Waals surface area contributed by atoms with Crippen LogP contribution in [0.3, 0.4) is 0 Å². The van der Waals surface area contributed by atoms with Crippen molar-refractivity contribution in [1.29, 1.82) is 0 Å². The Bertz CT molecular complexity index is 954. The van der Waals surface area contributed by atoms with E-state index >= 15 is 0 Å². The lowest BCUT2D eigenvalue weighted by Gasteiger charge is -2.35. The molecule has 7 nitrogen and oxygen atoms in total. The Morgan fingerprint density at radius 1 is 0.931 bits per heavy atom. The number of aromatic nitrogens is 3. The molecule has 29 heavy (non-hydrogen) atoms. The molecule has 148 valence electrons. The van der Waals surface area contributed by atoms with Gasteiger partial charge in [-0.05, 0) is 42.8 Å². The van der Waals surface area contributed by atoms with Crippen molar-refractivity contribution in [2.45, 2.75) is 6.92 Å². The highest BCUT2D eigenvalue weighted by Gasteiger charge is 2.22. The molecule has 0 spiro atoms. The molecule has 7 heteroatoms. The molecule has 1 aliphatic heterocycles. The number of carbonyl (C=O) groups is 1. The molecule has 2 aromatic heterocycles. The molecular weight excluding hydrogens is 366 g/mol. The second-order valence-electron chi connectivity index (χ2n) is 6.91. The van der Waals surface area contributed by atoms with Crippen LogP contribution in [-0.4, -0.2) is 58.8 Å². The fourth-order valence-corrected chi connectivity index (χ4v) is 3.28. The number of aryl methyl sites for hydroxylation is 1. The maximum atomic E-state index is 12.5. The van der Waals surface area contributed by atoms with E-state index in [1.807, 2.05) is 66.4 Å². The lowest BCUT2D eigenvalue weighted by Crippen LogP contribution is -2.50. The molecule has 0 atom stereocenters. The number of carbonyl (C=O) groups excluding carboxylic acids is 1. The highest BCUT2D eigenvalue weighted by Crippen LogP contribution is 2.18. The molecule has 1 amide bonds. The Hall–Kier alpha value is -3.48. The van der Waals surface area contributed by atoms with Gasteiger partial charge >= 0.3 is 0 Å². The fourth-order valence-electron chi connectivity index (χ4n) is 3.28. The first kappa shape index (κ1) is 18.9. The minimum absolute atomic E-state index is 0.00415. The van der Waals surface area contributed by atoms with E-state index in [4.69, 9.17) is 4.74 Å². The van der Waals surface area contributed by atoms with Crippen molar-refractivity contribution in [2.24, 2.45) is 0 Å². The predicted octanol–water partition coefficient (Wildman–Crippen LogP) is 2.57. The van der Waals surface area contributed by atoms with E-state index in [-0.39, 0.29) is 12.5 Å². The quantitative estimate of drug-likeness (QED) is 0.668. The molecule has 3 heterocycles. The molecule has 0 N–H and O–H groups in total. The molecule has 0 aliphatic carbocycles. The number of hydrogen-bond donors (Lipinski definition) is 0. The number of hydrogen-bond acceptors (Lipinski definition) is 6. The summed E-state index contributed by atoms with van der Waals surface area (Å²) >= 11 is 0. The van der Waals surface area contributed by atoms with Crippen molar-refractivity contribution in [3.8, 4) is 17.1 Å². The lowest BCUT2D eigenvalue weighted by molar-refractivity contribution is -0.133. The minimum Gasteiger partial charge on any atom is -0.484 e. The second kappa shape index (κ2) is 8.68. The number of pyridine rings is 1. The van der Waals surface area contributed by atoms with E-state index in [0.717, 1.165) is 28.5 Å². The summed E-state index contributed by atoms with van der Waals surface area (Å²) in [6.07, 6.45) is 1.74. The topological polar surface area (TPSA) is 71.5 Å². The third kappa shape index (κ3) is 4.51. The Kier molecular flexibility index (Phi) is 5.65. The summed E-state index contributed by atoms with van der Waals surface area (Å²) in [6, 6.07) is 17.3. The largest absolute Gasteiger partial charge is 0.484 e. The number of nitrogens with zero attached hydrogens (tertiary/aromatic N) is 5. The number of anilines is 1. The normalized spacial score (nSPS) is 14.0. The van der Waals surface area contributed by atoms with Gasteiger partial charge in [0.05, 0.1) is 5.69 Å². The molecule has 0 radical (unpaired) electrons. The summed E-state index contributed by atoms with van der Waals surface area (Å²) in [5, 5.41) is 8.64. The van der Waals surface area contributed by atoms with Crippen molar-refractivity contribution in [2.75, 3.05) is 37.7 Å². The minimum atomic E-state index is 0.00415. The van der Waals surface area contributed by atoms with Gasteiger partial charge < -0.3 is 14.5 Å². The van der Waals surface area contributed by atoms with Gasteiger partial charge in [0.15, 0.2) is 12.4 Å². The number of amides is 1. The van der Waals surface area contributed by atoms with E-state index in [1.54, 1.807) is 6.20 Å². The zero-order valence-corrected chi connectivity index (χ0v) is 16.4. The third-order valence-electron chi connectivity index (χ3n) is 4.98. The maximum absolute atomic E-state index is 12.5. The summed E-state index contributed by atoms with van der Waals surface area (Å²) in [7, 11) is 0. The van der Waals surface area contributed by atoms with Gasteiger partial charge in [0, 0.05) is 32.4 Å². The average molecular weight is 389 g/mol. The van der Waals surface area contributed by atoms with Gasteiger partial charge in [0.25, 0.3) is 5.91 Å². The van der Waals surface area contributed by atoms with Gasteiger partial charge in [0.2, 0.25) is 0 Å². The van der Waals surface area contributed by atoms with Crippen LogP contribution in [0, 0.1) is 6.92 Å². The maximum Gasteiger partial charge on any atom is 0.260 e. The zero-order valence-electron chi connectivity index (χ0n) is 16.4. The van der Waals surface area contributed by atoms with Crippen LogP contribution in [0.5, 0.6) is 5.75 Å². The molecule has 1 fully saturated rings. The molecule has 1 aromatic carbocycles. The number of para-hydroxylation sites is 1. The standard InChI is InChI=1S/C22H23N5O2/c1-17-6-2-3-8-20(17)29-16-22(28)27-14-12-26(13-15-27)21-10-9-19(24-25-21)18-7-4-5-11-23-18/h2-11H,12-16H2,1H3. The Morgan fingerprint density at radius 2 is 1.72 bits per heavy atom. The Morgan fingerprint density at radius 3 is 2.41 bits per heavy atom. The van der Waals surface area contributed by atoms with Crippen LogP contribution in [0.25, 0.3) is 11.4 Å².